The molecule has 1 atom stereocenters. The maximum absolute atomic E-state index is 13.1. The Morgan fingerprint density at radius 3 is 2.89 bits per heavy atom. The van der Waals surface area contributed by atoms with Crippen molar-refractivity contribution in [2.75, 3.05) is 20.1 Å². The highest BCUT2D eigenvalue weighted by Gasteiger charge is 2.23. The number of benzene rings is 1. The van der Waals surface area contributed by atoms with Gasteiger partial charge in [-0.1, -0.05) is 0 Å². The predicted octanol–water partition coefficient (Wildman–Crippen LogP) is 2.35. The van der Waals surface area contributed by atoms with Crippen molar-refractivity contribution in [3.05, 3.63) is 35.1 Å². The van der Waals surface area contributed by atoms with Crippen LogP contribution < -0.4 is 5.32 Å². The van der Waals surface area contributed by atoms with Crippen molar-refractivity contribution in [1.29, 1.82) is 0 Å². The summed E-state index contributed by atoms with van der Waals surface area (Å²) in [6.07, 6.45) is 3.09. The summed E-state index contributed by atoms with van der Waals surface area (Å²) in [5.41, 5.74) is 1.30. The number of hydrogen-bond acceptors (Lipinski definition) is 2. The molecule has 1 aliphatic rings. The molecule has 0 spiro atoms. The Balaban J connectivity index is 2.13. The SMILES string of the molecule is Cc1cc(F)ccc1C(=O)N(C)C1CCCNCC1. The second-order valence-electron chi connectivity index (χ2n) is 5.21. The van der Waals surface area contributed by atoms with Gasteiger partial charge in [-0.15, -0.1) is 0 Å². The molecule has 1 aliphatic heterocycles. The number of aryl methyl sites for hydroxylation is 1. The van der Waals surface area contributed by atoms with Crippen molar-refractivity contribution in [2.24, 2.45) is 0 Å². The van der Waals surface area contributed by atoms with Gasteiger partial charge in [-0.25, -0.2) is 4.39 Å². The Hall–Kier alpha value is -1.42. The first-order valence-electron chi connectivity index (χ1n) is 6.83. The first-order valence-corrected chi connectivity index (χ1v) is 6.83. The monoisotopic (exact) mass is 264 g/mol. The van der Waals surface area contributed by atoms with Gasteiger partial charge in [0.25, 0.3) is 5.91 Å². The number of nitrogens with one attached hydrogen (secondary N) is 1. The van der Waals surface area contributed by atoms with Gasteiger partial charge < -0.3 is 10.2 Å². The van der Waals surface area contributed by atoms with E-state index in [0.717, 1.165) is 32.4 Å². The Kier molecular flexibility index (Phi) is 4.53. The van der Waals surface area contributed by atoms with Gasteiger partial charge in [0.05, 0.1) is 0 Å². The Morgan fingerprint density at radius 1 is 1.37 bits per heavy atom. The number of halogens is 1. The van der Waals surface area contributed by atoms with Gasteiger partial charge in [0, 0.05) is 18.7 Å². The molecular weight excluding hydrogens is 243 g/mol. The average Bonchev–Trinajstić information content (AvgIpc) is 2.66. The number of hydrogen-bond donors (Lipinski definition) is 1. The molecule has 1 aromatic rings. The van der Waals surface area contributed by atoms with Gasteiger partial charge in [0.1, 0.15) is 5.82 Å². The van der Waals surface area contributed by atoms with E-state index in [0.29, 0.717) is 11.1 Å². The summed E-state index contributed by atoms with van der Waals surface area (Å²) in [5, 5.41) is 3.34. The van der Waals surface area contributed by atoms with Gasteiger partial charge >= 0.3 is 0 Å². The first kappa shape index (κ1) is 14.0. The van der Waals surface area contributed by atoms with Crippen LogP contribution in [0, 0.1) is 12.7 Å². The molecule has 1 N–H and O–H groups in total. The smallest absolute Gasteiger partial charge is 0.254 e. The fraction of sp³-hybridized carbons (Fsp3) is 0.533. The van der Waals surface area contributed by atoms with E-state index in [1.807, 2.05) is 11.9 Å². The summed E-state index contributed by atoms with van der Waals surface area (Å²) >= 11 is 0. The molecule has 3 nitrogen and oxygen atoms in total. The van der Waals surface area contributed by atoms with E-state index < -0.39 is 0 Å². The normalized spacial score (nSPS) is 19.8. The molecule has 104 valence electrons. The molecule has 19 heavy (non-hydrogen) atoms. The number of rotatable bonds is 2. The highest BCUT2D eigenvalue weighted by atomic mass is 19.1. The van der Waals surface area contributed by atoms with Crippen LogP contribution >= 0.6 is 0 Å². The first-order chi connectivity index (χ1) is 9.09. The predicted molar refractivity (Wildman–Crippen MR) is 73.7 cm³/mol. The molecule has 1 saturated heterocycles. The number of carbonyl (C=O) groups is 1. The number of amides is 1. The zero-order chi connectivity index (χ0) is 13.8. The van der Waals surface area contributed by atoms with Gasteiger partial charge in [-0.05, 0) is 63.0 Å². The maximum Gasteiger partial charge on any atom is 0.254 e. The molecule has 0 bridgehead atoms. The summed E-state index contributed by atoms with van der Waals surface area (Å²) in [6, 6.07) is 4.61. The van der Waals surface area contributed by atoms with Crippen molar-refractivity contribution in [3.63, 3.8) is 0 Å². The van der Waals surface area contributed by atoms with Crippen LogP contribution in [0.3, 0.4) is 0 Å². The second-order valence-corrected chi connectivity index (χ2v) is 5.21. The Morgan fingerprint density at radius 2 is 2.16 bits per heavy atom. The van der Waals surface area contributed by atoms with Gasteiger partial charge in [0.2, 0.25) is 0 Å². The van der Waals surface area contributed by atoms with Crippen LogP contribution in [-0.4, -0.2) is 37.0 Å². The maximum atomic E-state index is 13.1. The molecule has 1 amide bonds. The summed E-state index contributed by atoms with van der Waals surface area (Å²) in [5.74, 6) is -0.306. The average molecular weight is 264 g/mol. The van der Waals surface area contributed by atoms with Crippen molar-refractivity contribution < 1.29 is 9.18 Å². The third-order valence-electron chi connectivity index (χ3n) is 3.83. The molecule has 0 radical (unpaired) electrons. The largest absolute Gasteiger partial charge is 0.339 e. The van der Waals surface area contributed by atoms with Crippen molar-refractivity contribution in [2.45, 2.75) is 32.2 Å². The second kappa shape index (κ2) is 6.15. The lowest BCUT2D eigenvalue weighted by molar-refractivity contribution is 0.0719. The van der Waals surface area contributed by atoms with Crippen LogP contribution in [-0.2, 0) is 0 Å². The molecular formula is C15H21FN2O. The fourth-order valence-corrected chi connectivity index (χ4v) is 2.61. The molecule has 2 rings (SSSR count). The molecule has 1 fully saturated rings. The number of carbonyl (C=O) groups excluding carboxylic acids is 1. The minimum atomic E-state index is -0.296. The van der Waals surface area contributed by atoms with Crippen molar-refractivity contribution in [3.8, 4) is 0 Å². The van der Waals surface area contributed by atoms with E-state index in [9.17, 15) is 9.18 Å². The summed E-state index contributed by atoms with van der Waals surface area (Å²) in [7, 11) is 1.85. The molecule has 0 saturated carbocycles. The third kappa shape index (κ3) is 3.32. The van der Waals surface area contributed by atoms with E-state index in [1.54, 1.807) is 13.0 Å². The van der Waals surface area contributed by atoms with Crippen LogP contribution in [0.1, 0.15) is 35.2 Å². The van der Waals surface area contributed by atoms with E-state index >= 15 is 0 Å². The quantitative estimate of drug-likeness (QED) is 0.889. The lowest BCUT2D eigenvalue weighted by Gasteiger charge is -2.27. The van der Waals surface area contributed by atoms with Crippen molar-refractivity contribution >= 4 is 5.91 Å². The van der Waals surface area contributed by atoms with Crippen LogP contribution in [0.25, 0.3) is 0 Å². The zero-order valence-electron chi connectivity index (χ0n) is 11.6. The van der Waals surface area contributed by atoms with Crippen LogP contribution in [0.15, 0.2) is 18.2 Å². The third-order valence-corrected chi connectivity index (χ3v) is 3.83. The Labute approximate surface area is 113 Å². The van der Waals surface area contributed by atoms with E-state index in [-0.39, 0.29) is 17.8 Å². The standard InChI is InChI=1S/C15H21FN2O/c1-11-10-12(16)5-6-14(11)15(19)18(2)13-4-3-8-17-9-7-13/h5-6,10,13,17H,3-4,7-9H2,1-2H3. The molecule has 1 unspecified atom stereocenters. The highest BCUT2D eigenvalue weighted by molar-refractivity contribution is 5.95. The van der Waals surface area contributed by atoms with E-state index in [2.05, 4.69) is 5.32 Å². The topological polar surface area (TPSA) is 32.3 Å². The number of nitrogens with zero attached hydrogens (tertiary/aromatic N) is 1. The fourth-order valence-electron chi connectivity index (χ4n) is 2.61. The van der Waals surface area contributed by atoms with Crippen LogP contribution in [0.5, 0.6) is 0 Å². The summed E-state index contributed by atoms with van der Waals surface area (Å²) in [4.78, 5) is 14.3. The molecule has 0 aromatic heterocycles. The molecule has 1 heterocycles. The van der Waals surface area contributed by atoms with Gasteiger partial charge in [0.15, 0.2) is 0 Å². The highest BCUT2D eigenvalue weighted by Crippen LogP contribution is 2.17. The Bertz CT molecular complexity index is 453. The van der Waals surface area contributed by atoms with Crippen LogP contribution in [0.4, 0.5) is 4.39 Å². The lowest BCUT2D eigenvalue weighted by atomic mass is 10.0. The van der Waals surface area contributed by atoms with Gasteiger partial charge in [-0.3, -0.25) is 4.79 Å². The zero-order valence-corrected chi connectivity index (χ0v) is 11.6. The van der Waals surface area contributed by atoms with E-state index in [4.69, 9.17) is 0 Å². The van der Waals surface area contributed by atoms with E-state index in [1.165, 1.54) is 12.1 Å². The van der Waals surface area contributed by atoms with Gasteiger partial charge in [-0.2, -0.15) is 0 Å². The minimum absolute atomic E-state index is 0.00981. The minimum Gasteiger partial charge on any atom is -0.339 e. The van der Waals surface area contributed by atoms with Crippen molar-refractivity contribution in [1.82, 2.24) is 10.2 Å². The molecule has 4 heteroatoms. The summed E-state index contributed by atoms with van der Waals surface area (Å²) in [6.45, 7) is 3.75. The van der Waals surface area contributed by atoms with Crippen LogP contribution in [0.2, 0.25) is 0 Å². The lowest BCUT2D eigenvalue weighted by Crippen LogP contribution is -2.37. The molecule has 0 aliphatic carbocycles. The summed E-state index contributed by atoms with van der Waals surface area (Å²) < 4.78 is 13.1. The molecule has 1 aromatic carbocycles.